The quantitative estimate of drug-likeness (QED) is 0.387. The molecule has 1 aliphatic heterocycles. The molecule has 10 nitrogen and oxygen atoms in total. The predicted octanol–water partition coefficient (Wildman–Crippen LogP) is 3.73. The number of aryl methyl sites for hydroxylation is 2. The number of nitriles is 1. The van der Waals surface area contributed by atoms with E-state index in [2.05, 4.69) is 10.3 Å². The fraction of sp³-hybridized carbons (Fsp3) is 0.286. The van der Waals surface area contributed by atoms with Crippen molar-refractivity contribution in [1.29, 1.82) is 5.26 Å². The molecule has 1 unspecified atom stereocenters. The summed E-state index contributed by atoms with van der Waals surface area (Å²) in [6.07, 6.45) is -0.568. The summed E-state index contributed by atoms with van der Waals surface area (Å²) >= 11 is 0. The van der Waals surface area contributed by atoms with E-state index >= 15 is 0 Å². The van der Waals surface area contributed by atoms with Crippen LogP contribution in [0.3, 0.4) is 0 Å². The third kappa shape index (κ3) is 5.08. The maximum Gasteiger partial charge on any atom is 0.304 e. The van der Waals surface area contributed by atoms with Gasteiger partial charge in [0.1, 0.15) is 22.3 Å². The van der Waals surface area contributed by atoms with Crippen LogP contribution < -0.4 is 4.74 Å². The van der Waals surface area contributed by atoms with Gasteiger partial charge in [0.05, 0.1) is 30.1 Å². The summed E-state index contributed by atoms with van der Waals surface area (Å²) in [5.74, 6) is -1.21. The Hall–Kier alpha value is -4.27. The van der Waals surface area contributed by atoms with Gasteiger partial charge in [0.25, 0.3) is 0 Å². The smallest absolute Gasteiger partial charge is 0.304 e. The van der Waals surface area contributed by atoms with E-state index in [0.29, 0.717) is 5.52 Å². The lowest BCUT2D eigenvalue weighted by Crippen LogP contribution is -2.35. The highest BCUT2D eigenvalue weighted by atomic mass is 32.2. The first kappa shape index (κ1) is 26.3. The molecule has 0 fully saturated rings. The van der Waals surface area contributed by atoms with Crippen molar-refractivity contribution in [3.8, 4) is 11.8 Å². The van der Waals surface area contributed by atoms with E-state index in [1.165, 1.54) is 22.5 Å². The van der Waals surface area contributed by atoms with Crippen molar-refractivity contribution in [2.24, 2.45) is 7.05 Å². The summed E-state index contributed by atoms with van der Waals surface area (Å²) in [4.78, 5) is 11.8. The first-order chi connectivity index (χ1) is 18.6. The van der Waals surface area contributed by atoms with Gasteiger partial charge in [-0.25, -0.2) is 13.1 Å². The van der Waals surface area contributed by atoms with Crippen LogP contribution in [0, 0.1) is 18.3 Å². The van der Waals surface area contributed by atoms with E-state index in [1.807, 2.05) is 49.4 Å². The van der Waals surface area contributed by atoms with Crippen molar-refractivity contribution >= 4 is 27.0 Å². The molecule has 200 valence electrons. The molecule has 1 N–H and O–H groups in total. The number of nitrogens with zero attached hydrogens (tertiary/aromatic N) is 5. The van der Waals surface area contributed by atoms with Crippen molar-refractivity contribution in [2.75, 3.05) is 6.54 Å². The molecule has 4 aromatic rings. The molecule has 0 amide bonds. The Morgan fingerprint density at radius 1 is 1.18 bits per heavy atom. The molecule has 0 radical (unpaired) electrons. The number of aromatic nitrogens is 3. The SMILES string of the molecule is Cc1ccc(C(CC(=O)O)c2ccc3c(c2)nnn3C)cc1CN1C[C@@H](C)Oc2ccc(C#N)cc2S1(=O)=O. The highest BCUT2D eigenvalue weighted by Crippen LogP contribution is 2.35. The minimum absolute atomic E-state index is 0.0410. The Morgan fingerprint density at radius 2 is 1.92 bits per heavy atom. The zero-order valence-electron chi connectivity index (χ0n) is 21.7. The van der Waals surface area contributed by atoms with Crippen LogP contribution >= 0.6 is 0 Å². The van der Waals surface area contributed by atoms with Crippen LogP contribution in [-0.2, 0) is 28.4 Å². The Labute approximate surface area is 226 Å². The molecule has 0 spiro atoms. The van der Waals surface area contributed by atoms with E-state index in [4.69, 9.17) is 4.74 Å². The van der Waals surface area contributed by atoms with Gasteiger partial charge in [-0.15, -0.1) is 5.10 Å². The van der Waals surface area contributed by atoms with E-state index < -0.39 is 28.0 Å². The number of fused-ring (bicyclic) bond motifs is 2. The van der Waals surface area contributed by atoms with Crippen molar-refractivity contribution in [3.05, 3.63) is 82.4 Å². The van der Waals surface area contributed by atoms with Crippen LogP contribution in [-0.4, -0.2) is 51.4 Å². The normalized spacial score (nSPS) is 17.5. The van der Waals surface area contributed by atoms with Crippen LogP contribution in [0.25, 0.3) is 11.0 Å². The number of carbonyl (C=O) groups is 1. The van der Waals surface area contributed by atoms with Crippen LogP contribution in [0.5, 0.6) is 5.75 Å². The molecular weight excluding hydrogens is 518 g/mol. The maximum atomic E-state index is 13.7. The number of carboxylic acids is 1. The first-order valence-electron chi connectivity index (χ1n) is 12.4. The molecule has 1 aromatic heterocycles. The molecule has 11 heteroatoms. The number of carboxylic acid groups (broad SMARTS) is 1. The lowest BCUT2D eigenvalue weighted by Gasteiger charge is -2.24. The number of sulfonamides is 1. The summed E-state index contributed by atoms with van der Waals surface area (Å²) in [7, 11) is -2.19. The number of benzene rings is 3. The standard InChI is InChI=1S/C28H27N5O5S/c1-17-4-6-20(23(13-28(34)35)21-7-8-25-24(12-21)30-31-32(25)3)11-22(17)16-33-15-18(2)38-26-9-5-19(14-29)10-27(26)39(33,36)37/h4-12,18,23H,13,15-16H2,1-3H3,(H,34,35)/t18-,23?/m1/s1. The molecular formula is C28H27N5O5S. The van der Waals surface area contributed by atoms with Crippen molar-refractivity contribution in [1.82, 2.24) is 19.3 Å². The van der Waals surface area contributed by atoms with Gasteiger partial charge >= 0.3 is 5.97 Å². The van der Waals surface area contributed by atoms with Crippen molar-refractivity contribution < 1.29 is 23.1 Å². The monoisotopic (exact) mass is 545 g/mol. The molecule has 0 bridgehead atoms. The van der Waals surface area contributed by atoms with Gasteiger partial charge in [-0.1, -0.05) is 29.5 Å². The predicted molar refractivity (Wildman–Crippen MR) is 143 cm³/mol. The van der Waals surface area contributed by atoms with E-state index in [-0.39, 0.29) is 35.7 Å². The first-order valence-corrected chi connectivity index (χ1v) is 13.8. The average molecular weight is 546 g/mol. The average Bonchev–Trinajstić information content (AvgIpc) is 3.23. The Kier molecular flexibility index (Phi) is 6.84. The van der Waals surface area contributed by atoms with Gasteiger partial charge in [-0.05, 0) is 66.4 Å². The van der Waals surface area contributed by atoms with Crippen LogP contribution in [0.15, 0.2) is 59.5 Å². The molecule has 2 atom stereocenters. The second-order valence-electron chi connectivity index (χ2n) is 9.80. The molecule has 1 aliphatic rings. The summed E-state index contributed by atoms with van der Waals surface area (Å²) in [5, 5.41) is 27.2. The zero-order chi connectivity index (χ0) is 27.9. The van der Waals surface area contributed by atoms with Crippen LogP contribution in [0.1, 0.15) is 47.1 Å². The van der Waals surface area contributed by atoms with Gasteiger partial charge in [-0.2, -0.15) is 9.57 Å². The Balaban J connectivity index is 1.54. The number of ether oxygens (including phenoxy) is 1. The van der Waals surface area contributed by atoms with Crippen LogP contribution in [0.2, 0.25) is 0 Å². The second kappa shape index (κ2) is 10.1. The minimum atomic E-state index is -3.98. The van der Waals surface area contributed by atoms with Gasteiger partial charge in [0, 0.05) is 19.5 Å². The number of aliphatic carboxylic acids is 1. The molecule has 0 saturated carbocycles. The molecule has 2 heterocycles. The number of hydrogen-bond donors (Lipinski definition) is 1. The van der Waals surface area contributed by atoms with E-state index in [1.54, 1.807) is 18.7 Å². The highest BCUT2D eigenvalue weighted by Gasteiger charge is 2.34. The third-order valence-electron chi connectivity index (χ3n) is 7.02. The largest absolute Gasteiger partial charge is 0.488 e. The lowest BCUT2D eigenvalue weighted by atomic mass is 9.86. The van der Waals surface area contributed by atoms with Crippen molar-refractivity contribution in [3.63, 3.8) is 0 Å². The van der Waals surface area contributed by atoms with Gasteiger partial charge in [0.2, 0.25) is 10.0 Å². The molecule has 0 saturated heterocycles. The topological polar surface area (TPSA) is 138 Å². The molecule has 3 aromatic carbocycles. The minimum Gasteiger partial charge on any atom is -0.488 e. The van der Waals surface area contributed by atoms with Gasteiger partial charge < -0.3 is 9.84 Å². The summed E-state index contributed by atoms with van der Waals surface area (Å²) < 4.78 is 36.3. The Bertz CT molecular complexity index is 1740. The fourth-order valence-corrected chi connectivity index (χ4v) is 6.59. The maximum absolute atomic E-state index is 13.7. The lowest BCUT2D eigenvalue weighted by molar-refractivity contribution is -0.137. The highest BCUT2D eigenvalue weighted by molar-refractivity contribution is 7.89. The van der Waals surface area contributed by atoms with Crippen LogP contribution in [0.4, 0.5) is 0 Å². The van der Waals surface area contributed by atoms with Gasteiger partial charge in [0.15, 0.2) is 0 Å². The Morgan fingerprint density at radius 3 is 2.67 bits per heavy atom. The van der Waals surface area contributed by atoms with E-state index in [9.17, 15) is 23.6 Å². The number of hydrogen-bond acceptors (Lipinski definition) is 7. The van der Waals surface area contributed by atoms with Gasteiger partial charge in [-0.3, -0.25) is 4.79 Å². The van der Waals surface area contributed by atoms with E-state index in [0.717, 1.165) is 27.8 Å². The molecule has 5 rings (SSSR count). The number of rotatable bonds is 6. The summed E-state index contributed by atoms with van der Waals surface area (Å²) in [6.45, 7) is 3.87. The fourth-order valence-electron chi connectivity index (χ4n) is 4.95. The second-order valence-corrected chi connectivity index (χ2v) is 11.7. The third-order valence-corrected chi connectivity index (χ3v) is 8.85. The zero-order valence-corrected chi connectivity index (χ0v) is 22.5. The summed E-state index contributed by atoms with van der Waals surface area (Å²) in [6, 6.07) is 17.6. The van der Waals surface area contributed by atoms with Crippen molar-refractivity contribution in [2.45, 2.75) is 43.7 Å². The molecule has 0 aliphatic carbocycles. The molecule has 39 heavy (non-hydrogen) atoms. The summed E-state index contributed by atoms with van der Waals surface area (Å²) in [5.41, 5.74) is 4.88.